The summed E-state index contributed by atoms with van der Waals surface area (Å²) in [6.45, 7) is 13.0. The molecule has 6 nitrogen and oxygen atoms in total. The summed E-state index contributed by atoms with van der Waals surface area (Å²) in [4.78, 5) is 27.5. The zero-order valence-corrected chi connectivity index (χ0v) is 18.8. The van der Waals surface area contributed by atoms with Crippen LogP contribution in [0.1, 0.15) is 57.2 Å². The molecule has 1 aromatic rings. The maximum absolute atomic E-state index is 12.7. The molecule has 1 aliphatic rings. The van der Waals surface area contributed by atoms with Gasteiger partial charge in [0.15, 0.2) is 13.1 Å². The van der Waals surface area contributed by atoms with Crippen LogP contribution in [-0.2, 0) is 9.59 Å². The van der Waals surface area contributed by atoms with E-state index in [0.717, 1.165) is 32.6 Å². The SMILES string of the molecule is CC[C@@H](C)c1ccc([C@@H]([NH2+]CC(=O)N2CC[NH+](CC(=O)NC)CC2)C(C)C)cc1. The monoisotopic (exact) mass is 404 g/mol. The number of nitrogens with one attached hydrogen (secondary N) is 2. The van der Waals surface area contributed by atoms with E-state index in [1.165, 1.54) is 16.0 Å². The van der Waals surface area contributed by atoms with Crippen molar-refractivity contribution in [1.29, 1.82) is 0 Å². The molecule has 1 aromatic carbocycles. The number of nitrogens with zero attached hydrogens (tertiary/aromatic N) is 1. The Morgan fingerprint density at radius 1 is 1.10 bits per heavy atom. The van der Waals surface area contributed by atoms with Gasteiger partial charge in [0.25, 0.3) is 11.8 Å². The summed E-state index contributed by atoms with van der Waals surface area (Å²) in [6, 6.07) is 9.22. The van der Waals surface area contributed by atoms with Crippen LogP contribution in [0.2, 0.25) is 0 Å². The fraction of sp³-hybridized carbons (Fsp3) is 0.652. The van der Waals surface area contributed by atoms with E-state index in [0.29, 0.717) is 24.9 Å². The molecule has 4 N–H and O–H groups in total. The second kappa shape index (κ2) is 11.3. The van der Waals surface area contributed by atoms with Crippen LogP contribution in [0.25, 0.3) is 0 Å². The average molecular weight is 405 g/mol. The first kappa shape index (κ1) is 23.4. The molecule has 0 unspecified atom stereocenters. The molecule has 29 heavy (non-hydrogen) atoms. The molecule has 1 saturated heterocycles. The summed E-state index contributed by atoms with van der Waals surface area (Å²) in [7, 11) is 1.67. The fourth-order valence-corrected chi connectivity index (χ4v) is 4.00. The topological polar surface area (TPSA) is 70.5 Å². The van der Waals surface area contributed by atoms with Crippen molar-refractivity contribution in [2.75, 3.05) is 46.3 Å². The molecule has 0 radical (unpaired) electrons. The molecule has 0 spiro atoms. The predicted molar refractivity (Wildman–Crippen MR) is 116 cm³/mol. The minimum absolute atomic E-state index is 0.0623. The number of carbonyl (C=O) groups excluding carboxylic acids is 2. The minimum Gasteiger partial charge on any atom is -0.354 e. The van der Waals surface area contributed by atoms with E-state index in [4.69, 9.17) is 0 Å². The first-order valence-corrected chi connectivity index (χ1v) is 11.1. The third-order valence-electron chi connectivity index (χ3n) is 6.28. The summed E-state index contributed by atoms with van der Waals surface area (Å²) in [5, 5.41) is 4.86. The molecular formula is C23H40N4O2+2. The third-order valence-corrected chi connectivity index (χ3v) is 6.28. The molecular weight excluding hydrogens is 364 g/mol. The van der Waals surface area contributed by atoms with Crippen LogP contribution in [0, 0.1) is 5.92 Å². The van der Waals surface area contributed by atoms with E-state index in [9.17, 15) is 9.59 Å². The quantitative estimate of drug-likeness (QED) is 0.539. The Labute approximate surface area is 176 Å². The fourth-order valence-electron chi connectivity index (χ4n) is 4.00. The van der Waals surface area contributed by atoms with Crippen LogP contribution in [-0.4, -0.2) is 63.0 Å². The van der Waals surface area contributed by atoms with Crippen molar-refractivity contribution in [2.45, 2.75) is 46.1 Å². The molecule has 0 aromatic heterocycles. The number of amides is 2. The molecule has 162 valence electrons. The Morgan fingerprint density at radius 2 is 1.69 bits per heavy atom. The molecule has 1 fully saturated rings. The summed E-state index contributed by atoms with van der Waals surface area (Å²) in [5.74, 6) is 1.29. The summed E-state index contributed by atoms with van der Waals surface area (Å²) >= 11 is 0. The Kier molecular flexibility index (Phi) is 9.11. The van der Waals surface area contributed by atoms with Crippen LogP contribution < -0.4 is 15.5 Å². The van der Waals surface area contributed by atoms with E-state index in [-0.39, 0.29) is 17.9 Å². The predicted octanol–water partition coefficient (Wildman–Crippen LogP) is -0.0663. The molecule has 0 saturated carbocycles. The number of likely N-dealkylation sites (N-methyl/N-ethyl adjacent to an activating group) is 1. The Bertz CT molecular complexity index is 651. The first-order valence-electron chi connectivity index (χ1n) is 11.1. The van der Waals surface area contributed by atoms with Crippen molar-refractivity contribution in [3.63, 3.8) is 0 Å². The number of piperazine rings is 1. The highest BCUT2D eigenvalue weighted by Gasteiger charge is 2.27. The van der Waals surface area contributed by atoms with Crippen LogP contribution in [0.15, 0.2) is 24.3 Å². The van der Waals surface area contributed by atoms with Gasteiger partial charge in [-0.3, -0.25) is 9.59 Å². The molecule has 1 heterocycles. The van der Waals surface area contributed by atoms with E-state index < -0.39 is 0 Å². The van der Waals surface area contributed by atoms with Crippen LogP contribution in [0.3, 0.4) is 0 Å². The van der Waals surface area contributed by atoms with Crippen LogP contribution in [0.4, 0.5) is 0 Å². The maximum Gasteiger partial charge on any atom is 0.278 e. The maximum atomic E-state index is 12.7. The van der Waals surface area contributed by atoms with Crippen molar-refractivity contribution in [3.05, 3.63) is 35.4 Å². The lowest BCUT2D eigenvalue weighted by atomic mass is 9.92. The number of rotatable bonds is 9. The van der Waals surface area contributed by atoms with Crippen molar-refractivity contribution in [1.82, 2.24) is 10.2 Å². The summed E-state index contributed by atoms with van der Waals surface area (Å²) < 4.78 is 0. The second-order valence-electron chi connectivity index (χ2n) is 8.67. The minimum atomic E-state index is 0.0623. The van der Waals surface area contributed by atoms with Gasteiger partial charge in [-0.2, -0.15) is 0 Å². The lowest BCUT2D eigenvalue weighted by Crippen LogP contribution is -3.16. The van der Waals surface area contributed by atoms with Gasteiger partial charge in [0.1, 0.15) is 6.04 Å². The van der Waals surface area contributed by atoms with Crippen molar-refractivity contribution in [2.24, 2.45) is 5.92 Å². The highest BCUT2D eigenvalue weighted by Crippen LogP contribution is 2.23. The number of nitrogens with two attached hydrogens (primary N) is 1. The standard InChI is InChI=1S/C23H38N4O2/c1-6-18(4)19-7-9-20(10-8-19)23(17(2)3)25-15-22(29)27-13-11-26(12-14-27)16-21(28)24-5/h7-10,17-18,23,25H,6,11-16H2,1-5H3,(H,24,28)/p+2/t18-,23+/m1/s1. The van der Waals surface area contributed by atoms with Crippen molar-refractivity contribution >= 4 is 11.8 Å². The van der Waals surface area contributed by atoms with E-state index in [1.54, 1.807) is 7.05 Å². The van der Waals surface area contributed by atoms with E-state index in [2.05, 4.69) is 62.6 Å². The molecule has 0 bridgehead atoms. The van der Waals surface area contributed by atoms with Gasteiger partial charge in [0.2, 0.25) is 0 Å². The Hall–Kier alpha value is -1.92. The Balaban J connectivity index is 1.87. The third kappa shape index (κ3) is 6.82. The lowest BCUT2D eigenvalue weighted by Gasteiger charge is -2.31. The highest BCUT2D eigenvalue weighted by molar-refractivity contribution is 5.77. The number of hydrogen-bond acceptors (Lipinski definition) is 2. The second-order valence-corrected chi connectivity index (χ2v) is 8.67. The van der Waals surface area contributed by atoms with Crippen LogP contribution in [0.5, 0.6) is 0 Å². The summed E-state index contributed by atoms with van der Waals surface area (Å²) in [6.07, 6.45) is 1.14. The summed E-state index contributed by atoms with van der Waals surface area (Å²) in [5.41, 5.74) is 2.67. The van der Waals surface area contributed by atoms with Crippen LogP contribution >= 0.6 is 0 Å². The van der Waals surface area contributed by atoms with Gasteiger partial charge < -0.3 is 20.4 Å². The van der Waals surface area contributed by atoms with Gasteiger partial charge in [0.05, 0.1) is 26.2 Å². The normalized spacial score (nSPS) is 17.2. The number of quaternary nitrogens is 2. The molecule has 2 atom stereocenters. The molecule has 1 aliphatic heterocycles. The van der Waals surface area contributed by atoms with Gasteiger partial charge in [0, 0.05) is 18.5 Å². The molecule has 2 rings (SSSR count). The number of hydrogen-bond donors (Lipinski definition) is 3. The van der Waals surface area contributed by atoms with Gasteiger partial charge in [-0.1, -0.05) is 52.0 Å². The Morgan fingerprint density at radius 3 is 2.21 bits per heavy atom. The average Bonchev–Trinajstić information content (AvgIpc) is 2.73. The largest absolute Gasteiger partial charge is 0.354 e. The molecule has 2 amide bonds. The van der Waals surface area contributed by atoms with E-state index in [1.807, 2.05) is 4.90 Å². The molecule has 6 heteroatoms. The highest BCUT2D eigenvalue weighted by atomic mass is 16.2. The lowest BCUT2D eigenvalue weighted by molar-refractivity contribution is -0.896. The van der Waals surface area contributed by atoms with Crippen molar-refractivity contribution in [3.8, 4) is 0 Å². The van der Waals surface area contributed by atoms with E-state index >= 15 is 0 Å². The van der Waals surface area contributed by atoms with Gasteiger partial charge in [-0.05, 0) is 17.9 Å². The zero-order valence-electron chi connectivity index (χ0n) is 18.8. The van der Waals surface area contributed by atoms with Gasteiger partial charge >= 0.3 is 0 Å². The number of benzene rings is 1. The zero-order chi connectivity index (χ0) is 21.4. The van der Waals surface area contributed by atoms with Gasteiger partial charge in [-0.15, -0.1) is 0 Å². The first-order chi connectivity index (χ1) is 13.8. The van der Waals surface area contributed by atoms with Crippen molar-refractivity contribution < 1.29 is 19.8 Å². The van der Waals surface area contributed by atoms with Gasteiger partial charge in [-0.25, -0.2) is 0 Å². The molecule has 0 aliphatic carbocycles. The smallest absolute Gasteiger partial charge is 0.278 e. The number of carbonyl (C=O) groups is 2.